The Morgan fingerprint density at radius 3 is 2.40 bits per heavy atom. The summed E-state index contributed by atoms with van der Waals surface area (Å²) in [5.41, 5.74) is 4.72. The van der Waals surface area contributed by atoms with Gasteiger partial charge in [0.05, 0.1) is 12.5 Å². The van der Waals surface area contributed by atoms with Crippen molar-refractivity contribution in [1.82, 2.24) is 4.72 Å². The summed E-state index contributed by atoms with van der Waals surface area (Å²) in [5.74, 6) is -3.37. The second-order valence-corrected chi connectivity index (χ2v) is 4.35. The average molecular weight is 235 g/mol. The topological polar surface area (TPSA) is 150 Å². The maximum Gasteiger partial charge on any atom is 0.322 e. The zero-order valence-corrected chi connectivity index (χ0v) is 8.32. The van der Waals surface area contributed by atoms with Crippen LogP contribution in [-0.4, -0.2) is 37.2 Å². The number of carbonyl (C=O) groups is 2. The van der Waals surface area contributed by atoms with Crippen molar-refractivity contribution < 1.29 is 23.1 Å². The molecule has 0 aromatic heterocycles. The van der Waals surface area contributed by atoms with Crippen LogP contribution in [0.5, 0.6) is 0 Å². The van der Waals surface area contributed by atoms with Crippen molar-refractivity contribution in [2.75, 3.05) is 5.75 Å². The number of nitrogens with zero attached hydrogens (tertiary/aromatic N) is 1. The molecule has 15 heavy (non-hydrogen) atoms. The van der Waals surface area contributed by atoms with Crippen LogP contribution < -0.4 is 10.5 Å². The van der Waals surface area contributed by atoms with E-state index < -0.39 is 40.1 Å². The molecule has 0 spiro atoms. The van der Waals surface area contributed by atoms with Gasteiger partial charge >= 0.3 is 5.97 Å². The number of nitrogens with two attached hydrogens (primary N) is 1. The molecule has 9 heteroatoms. The van der Waals surface area contributed by atoms with Gasteiger partial charge in [-0.1, -0.05) is 0 Å². The van der Waals surface area contributed by atoms with Crippen LogP contribution in [-0.2, 0) is 19.6 Å². The summed E-state index contributed by atoms with van der Waals surface area (Å²) < 4.78 is 23.6. The van der Waals surface area contributed by atoms with Gasteiger partial charge in [-0.05, 0) is 0 Å². The highest BCUT2D eigenvalue weighted by atomic mass is 32.2. The Kier molecular flexibility index (Phi) is 4.69. The quantitative estimate of drug-likeness (QED) is 0.473. The molecule has 1 atom stereocenters. The van der Waals surface area contributed by atoms with Crippen LogP contribution in [0.3, 0.4) is 0 Å². The van der Waals surface area contributed by atoms with Crippen molar-refractivity contribution in [2.24, 2.45) is 5.73 Å². The second kappa shape index (κ2) is 5.28. The van der Waals surface area contributed by atoms with E-state index in [9.17, 15) is 18.0 Å². The average Bonchev–Trinajstić information content (AvgIpc) is 2.00. The third kappa shape index (κ3) is 5.61. The fourth-order valence-electron chi connectivity index (χ4n) is 0.724. The third-order valence-electron chi connectivity index (χ3n) is 1.28. The molecule has 8 nitrogen and oxygen atoms in total. The summed E-state index contributed by atoms with van der Waals surface area (Å²) in [6, 6.07) is -0.292. The van der Waals surface area contributed by atoms with Gasteiger partial charge < -0.3 is 10.8 Å². The van der Waals surface area contributed by atoms with Crippen LogP contribution in [0.2, 0.25) is 0 Å². The lowest BCUT2D eigenvalue weighted by Gasteiger charge is -2.10. The zero-order valence-electron chi connectivity index (χ0n) is 7.50. The standard InChI is InChI=1S/C6H9N3O5S/c7-1-2-15(13,14)9-4(6(11)12)3-5(8)10/h4,9H,2-3H2,(H2,8,10)(H,11,12)/t4-/m0/s1. The number of amides is 1. The number of nitriles is 1. The number of rotatable bonds is 6. The molecular weight excluding hydrogens is 226 g/mol. The van der Waals surface area contributed by atoms with E-state index in [0.717, 1.165) is 0 Å². The predicted molar refractivity (Wildman–Crippen MR) is 47.8 cm³/mol. The normalized spacial score (nSPS) is 12.7. The van der Waals surface area contributed by atoms with Gasteiger partial charge in [0.1, 0.15) is 6.04 Å². The van der Waals surface area contributed by atoms with E-state index in [1.165, 1.54) is 6.07 Å². The lowest BCUT2D eigenvalue weighted by Crippen LogP contribution is -2.43. The van der Waals surface area contributed by atoms with E-state index in [-0.39, 0.29) is 0 Å². The molecule has 0 saturated carbocycles. The maximum absolute atomic E-state index is 11.0. The Balaban J connectivity index is 4.64. The Bertz CT molecular complexity index is 395. The number of carboxylic acids is 1. The van der Waals surface area contributed by atoms with Crippen LogP contribution in [0, 0.1) is 11.3 Å². The number of hydrogen-bond acceptors (Lipinski definition) is 5. The van der Waals surface area contributed by atoms with Gasteiger partial charge in [-0.2, -0.15) is 9.98 Å². The molecule has 0 heterocycles. The molecule has 4 N–H and O–H groups in total. The fourth-order valence-corrected chi connectivity index (χ4v) is 1.59. The molecule has 0 aliphatic heterocycles. The van der Waals surface area contributed by atoms with Crippen molar-refractivity contribution >= 4 is 21.9 Å². The molecule has 0 aliphatic carbocycles. The minimum atomic E-state index is -4.02. The number of hydrogen-bond donors (Lipinski definition) is 3. The smallest absolute Gasteiger partial charge is 0.322 e. The highest BCUT2D eigenvalue weighted by Gasteiger charge is 2.25. The summed E-state index contributed by atoms with van der Waals surface area (Å²) in [6.45, 7) is 0. The predicted octanol–water partition coefficient (Wildman–Crippen LogP) is -2.24. The highest BCUT2D eigenvalue weighted by molar-refractivity contribution is 7.89. The molecule has 0 bridgehead atoms. The molecular formula is C6H9N3O5S. The van der Waals surface area contributed by atoms with E-state index in [1.807, 2.05) is 0 Å². The summed E-state index contributed by atoms with van der Waals surface area (Å²) in [7, 11) is -4.02. The molecule has 0 aromatic carbocycles. The molecule has 0 rings (SSSR count). The summed E-state index contributed by atoms with van der Waals surface area (Å²) >= 11 is 0. The number of carboxylic acid groups (broad SMARTS) is 1. The van der Waals surface area contributed by atoms with Gasteiger partial charge in [0.25, 0.3) is 0 Å². The van der Waals surface area contributed by atoms with Crippen LogP contribution in [0.1, 0.15) is 6.42 Å². The van der Waals surface area contributed by atoms with E-state index >= 15 is 0 Å². The number of carbonyl (C=O) groups excluding carboxylic acids is 1. The molecule has 0 saturated heterocycles. The fraction of sp³-hybridized carbons (Fsp3) is 0.500. The molecule has 84 valence electrons. The summed E-state index contributed by atoms with van der Waals surface area (Å²) in [6.07, 6.45) is -0.667. The number of sulfonamides is 1. The number of primary amides is 1. The van der Waals surface area contributed by atoms with Gasteiger partial charge in [0.2, 0.25) is 15.9 Å². The second-order valence-electron chi connectivity index (χ2n) is 2.60. The third-order valence-corrected chi connectivity index (χ3v) is 2.43. The largest absolute Gasteiger partial charge is 0.480 e. The van der Waals surface area contributed by atoms with Crippen molar-refractivity contribution in [1.29, 1.82) is 5.26 Å². The molecule has 0 aromatic rings. The van der Waals surface area contributed by atoms with Crippen molar-refractivity contribution in [3.63, 3.8) is 0 Å². The molecule has 1 amide bonds. The highest BCUT2D eigenvalue weighted by Crippen LogP contribution is 1.95. The lowest BCUT2D eigenvalue weighted by molar-refractivity contribution is -0.140. The van der Waals surface area contributed by atoms with E-state index in [0.29, 0.717) is 0 Å². The molecule has 0 aliphatic rings. The summed E-state index contributed by atoms with van der Waals surface area (Å²) in [4.78, 5) is 20.9. The SMILES string of the molecule is N#CCS(=O)(=O)N[C@@H](CC(N)=O)C(=O)O. The first-order valence-corrected chi connectivity index (χ1v) is 5.32. The number of aliphatic carboxylic acids is 1. The first-order valence-electron chi connectivity index (χ1n) is 3.66. The van der Waals surface area contributed by atoms with Gasteiger partial charge in [-0.3, -0.25) is 9.59 Å². The minimum Gasteiger partial charge on any atom is -0.480 e. The van der Waals surface area contributed by atoms with Gasteiger partial charge in [-0.15, -0.1) is 0 Å². The number of nitrogens with one attached hydrogen (secondary N) is 1. The lowest BCUT2D eigenvalue weighted by atomic mass is 10.2. The Morgan fingerprint density at radius 2 is 2.07 bits per heavy atom. The molecule has 0 fully saturated rings. The zero-order chi connectivity index (χ0) is 12.1. The van der Waals surface area contributed by atoms with Crippen LogP contribution in [0.4, 0.5) is 0 Å². The minimum absolute atomic E-state index is 0.667. The first kappa shape index (κ1) is 13.3. The van der Waals surface area contributed by atoms with Crippen molar-refractivity contribution in [3.8, 4) is 6.07 Å². The van der Waals surface area contributed by atoms with E-state index in [4.69, 9.17) is 16.1 Å². The summed E-state index contributed by atoms with van der Waals surface area (Å²) in [5, 5.41) is 16.7. The van der Waals surface area contributed by atoms with Gasteiger partial charge in [-0.25, -0.2) is 8.42 Å². The Hall–Kier alpha value is -1.66. The van der Waals surface area contributed by atoms with Crippen molar-refractivity contribution in [2.45, 2.75) is 12.5 Å². The van der Waals surface area contributed by atoms with E-state index in [1.54, 1.807) is 4.72 Å². The first-order chi connectivity index (χ1) is 6.78. The molecule has 0 radical (unpaired) electrons. The Labute approximate surface area is 85.7 Å². The maximum atomic E-state index is 11.0. The van der Waals surface area contributed by atoms with Crippen LogP contribution in [0.25, 0.3) is 0 Å². The molecule has 0 unspecified atom stereocenters. The van der Waals surface area contributed by atoms with Gasteiger partial charge in [0.15, 0.2) is 5.75 Å². The monoisotopic (exact) mass is 235 g/mol. The van der Waals surface area contributed by atoms with Crippen LogP contribution in [0.15, 0.2) is 0 Å². The van der Waals surface area contributed by atoms with Crippen molar-refractivity contribution in [3.05, 3.63) is 0 Å². The van der Waals surface area contributed by atoms with Gasteiger partial charge in [0, 0.05) is 0 Å². The van der Waals surface area contributed by atoms with Crippen LogP contribution >= 0.6 is 0 Å². The van der Waals surface area contributed by atoms with E-state index in [2.05, 4.69) is 0 Å². The Morgan fingerprint density at radius 1 is 1.53 bits per heavy atom.